The Hall–Kier alpha value is -2.43. The van der Waals surface area contributed by atoms with Crippen LogP contribution in [0.4, 0.5) is 11.5 Å². The molecule has 0 fully saturated rings. The lowest BCUT2D eigenvalue weighted by Crippen LogP contribution is -1.97. The zero-order valence-electron chi connectivity index (χ0n) is 11.1. The first kappa shape index (κ1) is 11.6. The summed E-state index contributed by atoms with van der Waals surface area (Å²) >= 11 is 0. The van der Waals surface area contributed by atoms with Crippen LogP contribution in [-0.4, -0.2) is 15.1 Å². The van der Waals surface area contributed by atoms with Crippen LogP contribution >= 0.6 is 0 Å². The Morgan fingerprint density at radius 2 is 1.95 bits per heavy atom. The van der Waals surface area contributed by atoms with Crippen LogP contribution in [0.25, 0.3) is 11.1 Å². The molecule has 0 saturated carbocycles. The summed E-state index contributed by atoms with van der Waals surface area (Å²) in [6.45, 7) is 6.01. The molecule has 0 radical (unpaired) electrons. The molecule has 3 aromatic rings. The van der Waals surface area contributed by atoms with Crippen molar-refractivity contribution in [3.8, 4) is 0 Å². The Morgan fingerprint density at radius 3 is 2.74 bits per heavy atom. The van der Waals surface area contributed by atoms with Crippen molar-refractivity contribution in [3.05, 3.63) is 41.3 Å². The molecule has 0 aliphatic carbocycles. The number of fused-ring (bicyclic) bond motifs is 1. The van der Waals surface area contributed by atoms with Gasteiger partial charge in [-0.25, -0.2) is 4.98 Å². The van der Waals surface area contributed by atoms with Crippen LogP contribution in [0.1, 0.15) is 16.8 Å². The van der Waals surface area contributed by atoms with E-state index < -0.39 is 0 Å². The number of aromatic nitrogens is 3. The number of benzene rings is 1. The molecule has 1 N–H and O–H groups in total. The lowest BCUT2D eigenvalue weighted by atomic mass is 10.1. The second kappa shape index (κ2) is 4.35. The summed E-state index contributed by atoms with van der Waals surface area (Å²) in [7, 11) is 0. The minimum Gasteiger partial charge on any atom is -0.339 e. The van der Waals surface area contributed by atoms with Crippen LogP contribution in [0.15, 0.2) is 29.0 Å². The fraction of sp³-hybridized carbons (Fsp3) is 0.214. The largest absolute Gasteiger partial charge is 0.339 e. The number of anilines is 2. The Kier molecular flexibility index (Phi) is 2.67. The molecule has 0 atom stereocenters. The van der Waals surface area contributed by atoms with E-state index in [0.717, 1.165) is 22.6 Å². The molecule has 0 aliphatic rings. The van der Waals surface area contributed by atoms with Gasteiger partial charge in [-0.3, -0.25) is 0 Å². The highest BCUT2D eigenvalue weighted by Crippen LogP contribution is 2.27. The number of hydrogen-bond acceptors (Lipinski definition) is 5. The van der Waals surface area contributed by atoms with E-state index in [0.29, 0.717) is 5.71 Å². The average Bonchev–Trinajstić information content (AvgIpc) is 2.76. The monoisotopic (exact) mass is 254 g/mol. The molecule has 5 nitrogen and oxygen atoms in total. The van der Waals surface area contributed by atoms with Crippen molar-refractivity contribution in [3.63, 3.8) is 0 Å². The van der Waals surface area contributed by atoms with Gasteiger partial charge in [0.25, 0.3) is 5.71 Å². The molecule has 5 heteroatoms. The van der Waals surface area contributed by atoms with Gasteiger partial charge in [0.15, 0.2) is 0 Å². The van der Waals surface area contributed by atoms with Gasteiger partial charge < -0.3 is 9.84 Å². The summed E-state index contributed by atoms with van der Waals surface area (Å²) in [5.74, 6) is 0.718. The number of hydrogen-bond donors (Lipinski definition) is 1. The van der Waals surface area contributed by atoms with Crippen molar-refractivity contribution in [1.82, 2.24) is 15.1 Å². The summed E-state index contributed by atoms with van der Waals surface area (Å²) in [6.07, 6.45) is 1.47. The molecule has 0 unspecified atom stereocenters. The fourth-order valence-electron chi connectivity index (χ4n) is 2.10. The number of nitrogens with zero attached hydrogens (tertiary/aromatic N) is 3. The molecule has 2 aromatic heterocycles. The molecule has 3 rings (SSSR count). The maximum atomic E-state index is 5.14. The summed E-state index contributed by atoms with van der Waals surface area (Å²) < 4.78 is 5.14. The molecule has 0 saturated heterocycles. The van der Waals surface area contributed by atoms with Crippen LogP contribution < -0.4 is 5.32 Å². The van der Waals surface area contributed by atoms with E-state index in [4.69, 9.17) is 4.52 Å². The van der Waals surface area contributed by atoms with Crippen molar-refractivity contribution >= 4 is 22.6 Å². The van der Waals surface area contributed by atoms with E-state index >= 15 is 0 Å². The third kappa shape index (κ3) is 2.03. The van der Waals surface area contributed by atoms with Crippen LogP contribution in [0.3, 0.4) is 0 Å². The lowest BCUT2D eigenvalue weighted by Gasteiger charge is -2.09. The number of aryl methyl sites for hydroxylation is 3. The van der Waals surface area contributed by atoms with Gasteiger partial charge in [0.1, 0.15) is 17.5 Å². The van der Waals surface area contributed by atoms with Gasteiger partial charge in [-0.15, -0.1) is 0 Å². The zero-order chi connectivity index (χ0) is 13.4. The SMILES string of the molecule is Cc1ccc(Nc2ncnc3onc(C)c23)c(C)c1. The first-order chi connectivity index (χ1) is 9.15. The maximum absolute atomic E-state index is 5.14. The first-order valence-electron chi connectivity index (χ1n) is 6.06. The Labute approximate surface area is 110 Å². The predicted octanol–water partition coefficient (Wildman–Crippen LogP) is 3.29. The summed E-state index contributed by atoms with van der Waals surface area (Å²) in [6, 6.07) is 6.23. The van der Waals surface area contributed by atoms with Gasteiger partial charge in [0.05, 0.1) is 5.69 Å². The average molecular weight is 254 g/mol. The van der Waals surface area contributed by atoms with Crippen molar-refractivity contribution in [2.45, 2.75) is 20.8 Å². The highest BCUT2D eigenvalue weighted by Gasteiger charge is 2.12. The van der Waals surface area contributed by atoms with Crippen LogP contribution in [0.5, 0.6) is 0 Å². The van der Waals surface area contributed by atoms with E-state index in [9.17, 15) is 0 Å². The quantitative estimate of drug-likeness (QED) is 0.760. The number of nitrogens with one attached hydrogen (secondary N) is 1. The van der Waals surface area contributed by atoms with Crippen LogP contribution in [0.2, 0.25) is 0 Å². The van der Waals surface area contributed by atoms with Crippen molar-refractivity contribution in [2.75, 3.05) is 5.32 Å². The van der Waals surface area contributed by atoms with Crippen LogP contribution in [0, 0.1) is 20.8 Å². The van der Waals surface area contributed by atoms with Gasteiger partial charge in [-0.1, -0.05) is 22.9 Å². The second-order valence-electron chi connectivity index (χ2n) is 4.61. The van der Waals surface area contributed by atoms with Crippen molar-refractivity contribution < 1.29 is 4.52 Å². The van der Waals surface area contributed by atoms with Gasteiger partial charge in [-0.2, -0.15) is 4.98 Å². The van der Waals surface area contributed by atoms with E-state index in [1.807, 2.05) is 13.0 Å². The van der Waals surface area contributed by atoms with Crippen molar-refractivity contribution in [2.24, 2.45) is 0 Å². The summed E-state index contributed by atoms with van der Waals surface area (Å²) in [5.41, 5.74) is 4.70. The Balaban J connectivity index is 2.08. The van der Waals surface area contributed by atoms with E-state index in [-0.39, 0.29) is 0 Å². The standard InChI is InChI=1S/C14H14N4O/c1-8-4-5-11(9(2)6-8)17-13-12-10(3)18-19-14(12)16-7-15-13/h4-7H,1-3H3,(H,15,16,17). The molecule has 0 bridgehead atoms. The molecule has 96 valence electrons. The predicted molar refractivity (Wildman–Crippen MR) is 73.5 cm³/mol. The molecule has 0 spiro atoms. The third-order valence-corrected chi connectivity index (χ3v) is 3.08. The molecule has 0 aliphatic heterocycles. The maximum Gasteiger partial charge on any atom is 0.263 e. The molecular weight excluding hydrogens is 240 g/mol. The lowest BCUT2D eigenvalue weighted by molar-refractivity contribution is 0.442. The molecule has 2 heterocycles. The summed E-state index contributed by atoms with van der Waals surface area (Å²) in [5, 5.41) is 8.06. The molecule has 1 aromatic carbocycles. The van der Waals surface area contributed by atoms with Crippen molar-refractivity contribution in [1.29, 1.82) is 0 Å². The highest BCUT2D eigenvalue weighted by molar-refractivity contribution is 5.89. The van der Waals surface area contributed by atoms with E-state index in [1.54, 1.807) is 0 Å². The highest BCUT2D eigenvalue weighted by atomic mass is 16.5. The van der Waals surface area contributed by atoms with Crippen LogP contribution in [-0.2, 0) is 0 Å². The summed E-state index contributed by atoms with van der Waals surface area (Å²) in [4.78, 5) is 8.34. The molecule has 0 amide bonds. The first-order valence-corrected chi connectivity index (χ1v) is 6.06. The smallest absolute Gasteiger partial charge is 0.263 e. The number of rotatable bonds is 2. The van der Waals surface area contributed by atoms with Gasteiger partial charge in [0.2, 0.25) is 0 Å². The third-order valence-electron chi connectivity index (χ3n) is 3.08. The second-order valence-corrected chi connectivity index (χ2v) is 4.61. The minimum absolute atomic E-state index is 0.500. The minimum atomic E-state index is 0.500. The fourth-order valence-corrected chi connectivity index (χ4v) is 2.10. The van der Waals surface area contributed by atoms with E-state index in [1.165, 1.54) is 17.5 Å². The Morgan fingerprint density at radius 1 is 1.11 bits per heavy atom. The van der Waals surface area contributed by atoms with E-state index in [2.05, 4.69) is 46.4 Å². The zero-order valence-corrected chi connectivity index (χ0v) is 11.1. The topological polar surface area (TPSA) is 63.8 Å². The normalized spacial score (nSPS) is 10.9. The van der Waals surface area contributed by atoms with Gasteiger partial charge >= 0.3 is 0 Å². The Bertz CT molecular complexity index is 748. The van der Waals surface area contributed by atoms with Gasteiger partial charge in [0, 0.05) is 5.69 Å². The van der Waals surface area contributed by atoms with Gasteiger partial charge in [-0.05, 0) is 32.4 Å². The molecule has 19 heavy (non-hydrogen) atoms. The molecular formula is C14H14N4O.